The number of halogens is 2. The van der Waals surface area contributed by atoms with Gasteiger partial charge in [-0.05, 0) is 54.5 Å². The number of nitrogens with one attached hydrogen (secondary N) is 2. The van der Waals surface area contributed by atoms with Gasteiger partial charge in [0.1, 0.15) is 23.7 Å². The van der Waals surface area contributed by atoms with E-state index in [1.165, 1.54) is 6.92 Å². The van der Waals surface area contributed by atoms with Crippen LogP contribution in [0.5, 0.6) is 0 Å². The SMILES string of the molecule is C[C@H](NC(=O)[C@@H](O)c1cc(F)cc(F)c1)C(=O)N[C@H]1C[C@@H](c2ccccc2)C[C@@H](c2ccccc2)N(C)C1=O. The molecule has 3 aromatic carbocycles. The first-order chi connectivity index (χ1) is 18.6. The summed E-state index contributed by atoms with van der Waals surface area (Å²) in [6.07, 6.45) is -0.871. The van der Waals surface area contributed by atoms with Crippen LogP contribution < -0.4 is 10.6 Å². The third-order valence-electron chi connectivity index (χ3n) is 7.11. The van der Waals surface area contributed by atoms with Crippen molar-refractivity contribution in [2.24, 2.45) is 0 Å². The fourth-order valence-electron chi connectivity index (χ4n) is 5.00. The zero-order valence-electron chi connectivity index (χ0n) is 21.7. The van der Waals surface area contributed by atoms with Crippen LogP contribution in [0.2, 0.25) is 0 Å². The first-order valence-corrected chi connectivity index (χ1v) is 12.8. The average molecular weight is 536 g/mol. The predicted molar refractivity (Wildman–Crippen MR) is 141 cm³/mol. The third-order valence-corrected chi connectivity index (χ3v) is 7.11. The van der Waals surface area contributed by atoms with Crippen molar-refractivity contribution in [1.82, 2.24) is 15.5 Å². The number of rotatable bonds is 7. The van der Waals surface area contributed by atoms with Crippen LogP contribution in [0.3, 0.4) is 0 Å². The van der Waals surface area contributed by atoms with Gasteiger partial charge in [-0.15, -0.1) is 0 Å². The molecule has 1 aliphatic heterocycles. The van der Waals surface area contributed by atoms with Gasteiger partial charge in [0.25, 0.3) is 5.91 Å². The minimum absolute atomic E-state index is 0.0369. The number of carbonyl (C=O) groups is 3. The average Bonchev–Trinajstić information content (AvgIpc) is 3.05. The van der Waals surface area contributed by atoms with Crippen LogP contribution in [0.1, 0.15) is 54.5 Å². The Morgan fingerprint density at radius 2 is 1.46 bits per heavy atom. The summed E-state index contributed by atoms with van der Waals surface area (Å²) in [5.41, 5.74) is 1.76. The second-order valence-electron chi connectivity index (χ2n) is 9.85. The van der Waals surface area contributed by atoms with Crippen molar-refractivity contribution in [3.63, 3.8) is 0 Å². The van der Waals surface area contributed by atoms with E-state index in [0.29, 0.717) is 18.9 Å². The van der Waals surface area contributed by atoms with Crippen LogP contribution in [0, 0.1) is 11.6 Å². The smallest absolute Gasteiger partial charge is 0.254 e. The lowest BCUT2D eigenvalue weighted by molar-refractivity contribution is -0.138. The first-order valence-electron chi connectivity index (χ1n) is 12.8. The van der Waals surface area contributed by atoms with E-state index >= 15 is 0 Å². The Bertz CT molecular complexity index is 1300. The Hall–Kier alpha value is -4.11. The molecule has 3 N–H and O–H groups in total. The summed E-state index contributed by atoms with van der Waals surface area (Å²) in [4.78, 5) is 40.8. The third kappa shape index (κ3) is 6.67. The van der Waals surface area contributed by atoms with E-state index in [9.17, 15) is 28.3 Å². The van der Waals surface area contributed by atoms with Crippen molar-refractivity contribution in [2.75, 3.05) is 7.05 Å². The summed E-state index contributed by atoms with van der Waals surface area (Å²) in [7, 11) is 1.71. The number of nitrogens with zero attached hydrogens (tertiary/aromatic N) is 1. The second-order valence-corrected chi connectivity index (χ2v) is 9.85. The van der Waals surface area contributed by atoms with Gasteiger partial charge in [0.2, 0.25) is 11.8 Å². The molecule has 0 saturated carbocycles. The van der Waals surface area contributed by atoms with Gasteiger partial charge in [-0.3, -0.25) is 14.4 Å². The van der Waals surface area contributed by atoms with Gasteiger partial charge < -0.3 is 20.6 Å². The molecule has 1 heterocycles. The number of benzene rings is 3. The molecule has 39 heavy (non-hydrogen) atoms. The number of likely N-dealkylation sites (N-methyl/N-ethyl adjacent to an activating group) is 1. The molecule has 7 nitrogen and oxygen atoms in total. The number of hydrogen-bond acceptors (Lipinski definition) is 4. The zero-order chi connectivity index (χ0) is 28.1. The molecule has 1 saturated heterocycles. The van der Waals surface area contributed by atoms with E-state index in [2.05, 4.69) is 10.6 Å². The molecule has 5 atom stereocenters. The minimum Gasteiger partial charge on any atom is -0.378 e. The molecule has 9 heteroatoms. The Morgan fingerprint density at radius 1 is 0.897 bits per heavy atom. The monoisotopic (exact) mass is 535 g/mol. The molecule has 1 fully saturated rings. The topological polar surface area (TPSA) is 98.7 Å². The standard InChI is InChI=1S/C30H31F2N3O4/c1-18(33-29(38)27(36)22-13-23(31)17-24(32)14-22)28(37)34-25-15-21(19-9-5-3-6-10-19)16-26(35(2)30(25)39)20-11-7-4-8-12-20/h3-14,17-18,21,25-27,36H,15-16H2,1-2H3,(H,33,38)(H,34,37)/t18-,21+,25-,26-,27-/m0/s1. The van der Waals surface area contributed by atoms with Crippen molar-refractivity contribution >= 4 is 17.7 Å². The van der Waals surface area contributed by atoms with Crippen molar-refractivity contribution in [1.29, 1.82) is 0 Å². The molecule has 3 amide bonds. The maximum atomic E-state index is 13.6. The fraction of sp³-hybridized carbons (Fsp3) is 0.300. The van der Waals surface area contributed by atoms with E-state index in [1.807, 2.05) is 60.7 Å². The van der Waals surface area contributed by atoms with Gasteiger partial charge in [0, 0.05) is 13.1 Å². The normalized spacial score (nSPS) is 21.0. The summed E-state index contributed by atoms with van der Waals surface area (Å²) >= 11 is 0. The molecule has 1 aliphatic rings. The highest BCUT2D eigenvalue weighted by molar-refractivity contribution is 5.93. The Labute approximate surface area is 225 Å². The molecule has 0 spiro atoms. The number of aliphatic hydroxyl groups excluding tert-OH is 1. The molecule has 204 valence electrons. The predicted octanol–water partition coefficient (Wildman–Crippen LogP) is 3.77. The van der Waals surface area contributed by atoms with Crippen LogP contribution in [0.15, 0.2) is 78.9 Å². The highest BCUT2D eigenvalue weighted by atomic mass is 19.1. The molecule has 0 unspecified atom stereocenters. The number of amides is 3. The van der Waals surface area contributed by atoms with Crippen LogP contribution in [-0.4, -0.2) is 46.9 Å². The van der Waals surface area contributed by atoms with E-state index in [-0.39, 0.29) is 23.4 Å². The quantitative estimate of drug-likeness (QED) is 0.429. The van der Waals surface area contributed by atoms with E-state index in [4.69, 9.17) is 0 Å². The lowest BCUT2D eigenvalue weighted by Crippen LogP contribution is -2.53. The summed E-state index contributed by atoms with van der Waals surface area (Å²) in [5.74, 6) is -3.81. The summed E-state index contributed by atoms with van der Waals surface area (Å²) in [5, 5.41) is 15.4. The molecule has 3 aromatic rings. The van der Waals surface area contributed by atoms with Gasteiger partial charge in [-0.25, -0.2) is 8.78 Å². The van der Waals surface area contributed by atoms with Gasteiger partial charge >= 0.3 is 0 Å². The lowest BCUT2D eigenvalue weighted by atomic mass is 9.86. The fourth-order valence-corrected chi connectivity index (χ4v) is 5.00. The van der Waals surface area contributed by atoms with Gasteiger partial charge in [-0.2, -0.15) is 0 Å². The number of hydrogen-bond donors (Lipinski definition) is 3. The summed E-state index contributed by atoms with van der Waals surface area (Å²) in [6.45, 7) is 1.40. The van der Waals surface area contributed by atoms with Gasteiger partial charge in [-0.1, -0.05) is 60.7 Å². The van der Waals surface area contributed by atoms with Crippen LogP contribution in [-0.2, 0) is 14.4 Å². The molecule has 0 aromatic heterocycles. The molecule has 0 aliphatic carbocycles. The number of carbonyl (C=O) groups excluding carboxylic acids is 3. The van der Waals surface area contributed by atoms with Crippen LogP contribution in [0.25, 0.3) is 0 Å². The molecular formula is C30H31F2N3O4. The Kier molecular flexibility index (Phi) is 8.71. The molecule has 0 bridgehead atoms. The largest absolute Gasteiger partial charge is 0.378 e. The maximum absolute atomic E-state index is 13.6. The molecular weight excluding hydrogens is 504 g/mol. The molecule has 4 rings (SSSR count). The van der Waals surface area contributed by atoms with Gasteiger partial charge in [0.05, 0.1) is 6.04 Å². The van der Waals surface area contributed by atoms with Crippen molar-refractivity contribution in [3.8, 4) is 0 Å². The van der Waals surface area contributed by atoms with Crippen LogP contribution >= 0.6 is 0 Å². The van der Waals surface area contributed by atoms with Crippen molar-refractivity contribution in [3.05, 3.63) is 107 Å². The number of aliphatic hydroxyl groups is 1. The number of likely N-dealkylation sites (tertiary alicyclic amines) is 1. The van der Waals surface area contributed by atoms with E-state index < -0.39 is 41.6 Å². The van der Waals surface area contributed by atoms with Crippen molar-refractivity contribution in [2.45, 2.75) is 49.9 Å². The van der Waals surface area contributed by atoms with Crippen LogP contribution in [0.4, 0.5) is 8.78 Å². The Balaban J connectivity index is 1.50. The second kappa shape index (κ2) is 12.2. The van der Waals surface area contributed by atoms with E-state index in [0.717, 1.165) is 23.3 Å². The first kappa shape index (κ1) is 27.9. The van der Waals surface area contributed by atoms with E-state index in [1.54, 1.807) is 11.9 Å². The van der Waals surface area contributed by atoms with Crippen molar-refractivity contribution < 1.29 is 28.3 Å². The minimum atomic E-state index is -1.88. The lowest BCUT2D eigenvalue weighted by Gasteiger charge is -2.29. The highest BCUT2D eigenvalue weighted by Gasteiger charge is 2.38. The zero-order valence-corrected chi connectivity index (χ0v) is 21.7. The Morgan fingerprint density at radius 3 is 2.05 bits per heavy atom. The highest BCUT2D eigenvalue weighted by Crippen LogP contribution is 2.38. The summed E-state index contributed by atoms with van der Waals surface area (Å²) < 4.78 is 27.0. The summed E-state index contributed by atoms with van der Waals surface area (Å²) in [6, 6.07) is 19.6. The molecule has 0 radical (unpaired) electrons. The van der Waals surface area contributed by atoms with Gasteiger partial charge in [0.15, 0.2) is 6.10 Å². The maximum Gasteiger partial charge on any atom is 0.254 e.